The van der Waals surface area contributed by atoms with E-state index in [0.717, 1.165) is 24.8 Å². The highest BCUT2D eigenvalue weighted by atomic mass is 19.1. The molecule has 0 fully saturated rings. The Morgan fingerprint density at radius 2 is 1.29 bits per heavy atom. The van der Waals surface area contributed by atoms with Gasteiger partial charge in [-0.1, -0.05) is 115 Å². The lowest BCUT2D eigenvalue weighted by molar-refractivity contribution is 0.0728. The highest BCUT2D eigenvalue weighted by molar-refractivity contribution is 5.91. The first kappa shape index (κ1) is 32.2. The van der Waals surface area contributed by atoms with E-state index >= 15 is 0 Å². The fourth-order valence-corrected chi connectivity index (χ4v) is 4.79. The number of ether oxygens (including phenoxy) is 2. The summed E-state index contributed by atoms with van der Waals surface area (Å²) in [7, 11) is 0. The molecule has 6 heteroatoms. The van der Waals surface area contributed by atoms with E-state index in [2.05, 4.69) is 35.9 Å². The predicted molar refractivity (Wildman–Crippen MR) is 164 cm³/mol. The number of carbonyl (C=O) groups excluding carboxylic acids is 1. The van der Waals surface area contributed by atoms with Crippen molar-refractivity contribution in [3.05, 3.63) is 71.8 Å². The second kappa shape index (κ2) is 19.0. The van der Waals surface area contributed by atoms with Gasteiger partial charge in [0.15, 0.2) is 11.6 Å². The van der Waals surface area contributed by atoms with Gasteiger partial charge in [-0.05, 0) is 37.0 Å². The zero-order valence-electron chi connectivity index (χ0n) is 25.0. The van der Waals surface area contributed by atoms with Crippen molar-refractivity contribution >= 4 is 5.97 Å². The molecule has 0 spiro atoms. The Balaban J connectivity index is 1.41. The van der Waals surface area contributed by atoms with Gasteiger partial charge in [0.1, 0.15) is 11.6 Å². The molecule has 3 rings (SSSR count). The normalized spacial score (nSPS) is 11.0. The molecule has 5 nitrogen and oxygen atoms in total. The smallest absolute Gasteiger partial charge is 0.346 e. The average molecular weight is 563 g/mol. The van der Waals surface area contributed by atoms with Crippen LogP contribution in [0.3, 0.4) is 0 Å². The Bertz CT molecular complexity index is 1150. The molecule has 1 heterocycles. The summed E-state index contributed by atoms with van der Waals surface area (Å²) in [4.78, 5) is 21.2. The lowest BCUT2D eigenvalue weighted by Gasteiger charge is -2.09. The predicted octanol–water partition coefficient (Wildman–Crippen LogP) is 9.92. The van der Waals surface area contributed by atoms with E-state index in [1.165, 1.54) is 107 Å². The van der Waals surface area contributed by atoms with Crippen molar-refractivity contribution in [3.8, 4) is 22.9 Å². The zero-order valence-corrected chi connectivity index (χ0v) is 25.0. The molecule has 0 aliphatic carbocycles. The van der Waals surface area contributed by atoms with Gasteiger partial charge in [-0.3, -0.25) is 0 Å². The molecule has 1 aromatic heterocycles. The Morgan fingerprint density at radius 1 is 0.707 bits per heavy atom. The Labute approximate surface area is 245 Å². The van der Waals surface area contributed by atoms with Gasteiger partial charge in [0.05, 0.1) is 24.6 Å². The SMILES string of the molecule is CCCCCCCCCCc1ccc(-c2ncc(OC(=O)c3ccc(OCCCCCCCC)cc3F)cn2)cc1. The van der Waals surface area contributed by atoms with Crippen molar-refractivity contribution in [2.75, 3.05) is 6.61 Å². The van der Waals surface area contributed by atoms with E-state index in [1.54, 1.807) is 6.07 Å². The van der Waals surface area contributed by atoms with Crippen molar-refractivity contribution in [1.29, 1.82) is 0 Å². The molecular formula is C35H47FN2O3. The van der Waals surface area contributed by atoms with E-state index < -0.39 is 11.8 Å². The van der Waals surface area contributed by atoms with Gasteiger partial charge < -0.3 is 9.47 Å². The van der Waals surface area contributed by atoms with Gasteiger partial charge in [-0.15, -0.1) is 0 Å². The van der Waals surface area contributed by atoms with Crippen LogP contribution in [0.25, 0.3) is 11.4 Å². The number of nitrogens with zero attached hydrogens (tertiary/aromatic N) is 2. The summed E-state index contributed by atoms with van der Waals surface area (Å²) in [5, 5.41) is 0. The van der Waals surface area contributed by atoms with Crippen LogP contribution in [0.15, 0.2) is 54.9 Å². The first-order valence-corrected chi connectivity index (χ1v) is 15.7. The fraction of sp³-hybridized carbons (Fsp3) is 0.514. The van der Waals surface area contributed by atoms with E-state index in [1.807, 2.05) is 12.1 Å². The summed E-state index contributed by atoms with van der Waals surface area (Å²) in [5.41, 5.74) is 2.05. The van der Waals surface area contributed by atoms with E-state index in [9.17, 15) is 9.18 Å². The van der Waals surface area contributed by atoms with Crippen molar-refractivity contribution in [2.24, 2.45) is 0 Å². The first-order valence-electron chi connectivity index (χ1n) is 15.7. The summed E-state index contributed by atoms with van der Waals surface area (Å²) >= 11 is 0. The third-order valence-electron chi connectivity index (χ3n) is 7.30. The Morgan fingerprint density at radius 3 is 1.90 bits per heavy atom. The van der Waals surface area contributed by atoms with Crippen molar-refractivity contribution < 1.29 is 18.7 Å². The molecule has 0 N–H and O–H groups in total. The van der Waals surface area contributed by atoms with Crippen molar-refractivity contribution in [3.63, 3.8) is 0 Å². The summed E-state index contributed by atoms with van der Waals surface area (Å²) < 4.78 is 25.6. The van der Waals surface area contributed by atoms with Gasteiger partial charge in [0.25, 0.3) is 0 Å². The second-order valence-corrected chi connectivity index (χ2v) is 10.8. The molecular weight excluding hydrogens is 515 g/mol. The van der Waals surface area contributed by atoms with Crippen LogP contribution in [0.2, 0.25) is 0 Å². The third-order valence-corrected chi connectivity index (χ3v) is 7.30. The minimum atomic E-state index is -0.799. The van der Waals surface area contributed by atoms with Gasteiger partial charge >= 0.3 is 5.97 Å². The number of aromatic nitrogens is 2. The molecule has 0 bridgehead atoms. The summed E-state index contributed by atoms with van der Waals surface area (Å²) in [6, 6.07) is 12.5. The topological polar surface area (TPSA) is 61.3 Å². The monoisotopic (exact) mass is 562 g/mol. The van der Waals surface area contributed by atoms with E-state index in [4.69, 9.17) is 9.47 Å². The molecule has 0 radical (unpaired) electrons. The molecule has 3 aromatic rings. The quantitative estimate of drug-likeness (QED) is 0.101. The third kappa shape index (κ3) is 12.0. The number of hydrogen-bond donors (Lipinski definition) is 0. The number of rotatable bonds is 20. The average Bonchev–Trinajstić information content (AvgIpc) is 2.99. The molecule has 2 aromatic carbocycles. The number of benzene rings is 2. The van der Waals surface area contributed by atoms with Crippen molar-refractivity contribution in [2.45, 2.75) is 110 Å². The van der Waals surface area contributed by atoms with E-state index in [-0.39, 0.29) is 11.3 Å². The fourth-order valence-electron chi connectivity index (χ4n) is 4.79. The van der Waals surface area contributed by atoms with Crippen molar-refractivity contribution in [1.82, 2.24) is 9.97 Å². The molecule has 222 valence electrons. The van der Waals surface area contributed by atoms with Crippen LogP contribution >= 0.6 is 0 Å². The number of esters is 1. The largest absolute Gasteiger partial charge is 0.493 e. The molecule has 0 aliphatic rings. The highest BCUT2D eigenvalue weighted by Crippen LogP contribution is 2.22. The Kier molecular flexibility index (Phi) is 14.9. The van der Waals surface area contributed by atoms with Crippen LogP contribution in [0.1, 0.15) is 120 Å². The number of unbranched alkanes of at least 4 members (excludes halogenated alkanes) is 12. The highest BCUT2D eigenvalue weighted by Gasteiger charge is 2.16. The van der Waals surface area contributed by atoms with Crippen LogP contribution in [0.5, 0.6) is 11.5 Å². The molecule has 0 amide bonds. The number of aryl methyl sites for hydroxylation is 1. The van der Waals surface area contributed by atoms with Crippen LogP contribution in [0, 0.1) is 5.82 Å². The van der Waals surface area contributed by atoms with Crippen LogP contribution < -0.4 is 9.47 Å². The summed E-state index contributed by atoms with van der Waals surface area (Å²) in [5.74, 6) is -0.370. The molecule has 0 atom stereocenters. The minimum absolute atomic E-state index is 0.159. The standard InChI is InChI=1S/C35H47FN2O3/c1-3-5-7-9-11-12-13-15-17-28-18-20-29(21-19-28)34-37-26-31(27-38-34)41-35(39)32-23-22-30(25-33(32)36)40-24-16-14-10-8-6-4-2/h18-23,25-27H,3-17,24H2,1-2H3. The molecule has 0 saturated carbocycles. The zero-order chi connectivity index (χ0) is 29.1. The Hall–Kier alpha value is -3.28. The van der Waals surface area contributed by atoms with Crippen LogP contribution in [-0.4, -0.2) is 22.5 Å². The molecule has 41 heavy (non-hydrogen) atoms. The maximum atomic E-state index is 14.6. The van der Waals surface area contributed by atoms with Crippen LogP contribution in [-0.2, 0) is 6.42 Å². The summed E-state index contributed by atoms with van der Waals surface area (Å²) in [6.45, 7) is 4.97. The first-order chi connectivity index (χ1) is 20.1. The molecule has 0 aliphatic heterocycles. The van der Waals surface area contributed by atoms with Gasteiger partial charge in [0, 0.05) is 11.6 Å². The molecule has 0 unspecified atom stereocenters. The number of halogens is 1. The molecule has 0 saturated heterocycles. The maximum absolute atomic E-state index is 14.6. The lowest BCUT2D eigenvalue weighted by Crippen LogP contribution is -2.11. The number of carbonyl (C=O) groups is 1. The van der Waals surface area contributed by atoms with Gasteiger partial charge in [-0.25, -0.2) is 19.2 Å². The van der Waals surface area contributed by atoms with Crippen LogP contribution in [0.4, 0.5) is 4.39 Å². The van der Waals surface area contributed by atoms with Gasteiger partial charge in [0.2, 0.25) is 0 Å². The van der Waals surface area contributed by atoms with E-state index in [0.29, 0.717) is 18.2 Å². The minimum Gasteiger partial charge on any atom is -0.493 e. The second-order valence-electron chi connectivity index (χ2n) is 10.8. The maximum Gasteiger partial charge on any atom is 0.346 e. The summed E-state index contributed by atoms with van der Waals surface area (Å²) in [6.07, 6.45) is 21.4. The van der Waals surface area contributed by atoms with Gasteiger partial charge in [-0.2, -0.15) is 0 Å². The number of hydrogen-bond acceptors (Lipinski definition) is 5. The lowest BCUT2D eigenvalue weighted by atomic mass is 10.0.